The molecule has 1 aliphatic rings. The second-order valence-corrected chi connectivity index (χ2v) is 6.84. The number of hydrogen-bond donors (Lipinski definition) is 0. The Balaban J connectivity index is 2.34. The molecule has 0 saturated carbocycles. The average molecular weight is 263 g/mol. The molecule has 1 aromatic rings. The maximum Gasteiger partial charge on any atom is 0.244 e. The lowest BCUT2D eigenvalue weighted by molar-refractivity contribution is 0.517. The van der Waals surface area contributed by atoms with E-state index in [9.17, 15) is 8.42 Å². The molecule has 1 aromatic carbocycles. The van der Waals surface area contributed by atoms with Crippen molar-refractivity contribution in [3.05, 3.63) is 29.8 Å². The highest BCUT2D eigenvalue weighted by Gasteiger charge is 2.55. The third-order valence-electron chi connectivity index (χ3n) is 3.25. The summed E-state index contributed by atoms with van der Waals surface area (Å²) in [6.45, 7) is 5.90. The first kappa shape index (κ1) is 13.1. The highest BCUT2D eigenvalue weighted by molar-refractivity contribution is 7.89. The van der Waals surface area contributed by atoms with Crippen LogP contribution in [-0.2, 0) is 10.0 Å². The van der Waals surface area contributed by atoms with Crippen LogP contribution in [0.4, 0.5) is 0 Å². The fraction of sp³-hybridized carbons (Fsp3) is 0.429. The lowest BCUT2D eigenvalue weighted by Crippen LogP contribution is -2.17. The molecule has 0 radical (unpaired) electrons. The molecule has 0 N–H and O–H groups in total. The summed E-state index contributed by atoms with van der Waals surface area (Å²) in [5.41, 5.74) is 1.04. The Kier molecular flexibility index (Phi) is 3.22. The fourth-order valence-corrected chi connectivity index (χ4v) is 4.03. The number of terminal acetylenes is 1. The van der Waals surface area contributed by atoms with Gasteiger partial charge in [-0.05, 0) is 25.0 Å². The van der Waals surface area contributed by atoms with Crippen molar-refractivity contribution in [3.63, 3.8) is 0 Å². The van der Waals surface area contributed by atoms with Crippen molar-refractivity contribution in [2.24, 2.45) is 5.92 Å². The topological polar surface area (TPSA) is 37.1 Å². The van der Waals surface area contributed by atoms with Gasteiger partial charge in [-0.3, -0.25) is 0 Å². The molecule has 1 aliphatic heterocycles. The molecule has 4 heteroatoms. The minimum Gasteiger partial charge on any atom is -0.207 e. The Morgan fingerprint density at radius 3 is 2.22 bits per heavy atom. The summed E-state index contributed by atoms with van der Waals surface area (Å²) in [6, 6.07) is 6.50. The molecule has 0 spiro atoms. The Bertz CT molecular complexity index is 581. The SMILES string of the molecule is C#C[C@@H]1[C@H](C(C)C)N1S(=O)(=O)c1ccc(C)cc1. The van der Waals surface area contributed by atoms with E-state index in [4.69, 9.17) is 6.42 Å². The van der Waals surface area contributed by atoms with E-state index in [1.807, 2.05) is 20.8 Å². The van der Waals surface area contributed by atoms with Crippen molar-refractivity contribution < 1.29 is 8.42 Å². The number of nitrogens with zero attached hydrogens (tertiary/aromatic N) is 1. The Morgan fingerprint density at radius 2 is 1.83 bits per heavy atom. The summed E-state index contributed by atoms with van der Waals surface area (Å²) >= 11 is 0. The second kappa shape index (κ2) is 4.42. The largest absolute Gasteiger partial charge is 0.244 e. The Morgan fingerprint density at radius 1 is 1.28 bits per heavy atom. The van der Waals surface area contributed by atoms with E-state index in [1.165, 1.54) is 4.31 Å². The van der Waals surface area contributed by atoms with Gasteiger partial charge < -0.3 is 0 Å². The molecule has 96 valence electrons. The minimum atomic E-state index is -3.45. The standard InChI is InChI=1S/C14H17NO2S/c1-5-13-14(10(2)3)15(13)18(16,17)12-8-6-11(4)7-9-12/h1,6-10,13-14H,2-4H3/t13-,14+,15?/m1/s1. The first-order chi connectivity index (χ1) is 8.39. The van der Waals surface area contributed by atoms with Gasteiger partial charge in [0.15, 0.2) is 0 Å². The summed E-state index contributed by atoms with van der Waals surface area (Å²) in [5, 5.41) is 0. The predicted octanol–water partition coefficient (Wildman–Crippen LogP) is 2.03. The molecule has 1 unspecified atom stereocenters. The van der Waals surface area contributed by atoms with E-state index in [1.54, 1.807) is 24.3 Å². The van der Waals surface area contributed by atoms with E-state index in [0.29, 0.717) is 4.90 Å². The van der Waals surface area contributed by atoms with Gasteiger partial charge in [0.2, 0.25) is 10.0 Å². The minimum absolute atomic E-state index is 0.0682. The molecular weight excluding hydrogens is 246 g/mol. The third kappa shape index (κ3) is 2.05. The maximum absolute atomic E-state index is 12.4. The van der Waals surface area contributed by atoms with Crippen LogP contribution < -0.4 is 0 Å². The summed E-state index contributed by atoms with van der Waals surface area (Å²) in [5.74, 6) is 2.78. The van der Waals surface area contributed by atoms with Crippen LogP contribution in [0.25, 0.3) is 0 Å². The molecule has 18 heavy (non-hydrogen) atoms. The lowest BCUT2D eigenvalue weighted by atomic mass is 10.1. The number of rotatable bonds is 3. The summed E-state index contributed by atoms with van der Waals surface area (Å²) < 4.78 is 26.3. The highest BCUT2D eigenvalue weighted by atomic mass is 32.2. The van der Waals surface area contributed by atoms with Crippen LogP contribution >= 0.6 is 0 Å². The predicted molar refractivity (Wildman–Crippen MR) is 71.5 cm³/mol. The van der Waals surface area contributed by atoms with Crippen molar-refractivity contribution >= 4 is 10.0 Å². The number of sulfonamides is 1. The van der Waals surface area contributed by atoms with Gasteiger partial charge in [-0.25, -0.2) is 8.42 Å². The molecule has 1 heterocycles. The molecule has 0 aromatic heterocycles. The summed E-state index contributed by atoms with van der Waals surface area (Å²) in [6.07, 6.45) is 5.40. The van der Waals surface area contributed by atoms with E-state index < -0.39 is 10.0 Å². The zero-order valence-electron chi connectivity index (χ0n) is 10.8. The van der Waals surface area contributed by atoms with Crippen molar-refractivity contribution in [1.29, 1.82) is 0 Å². The van der Waals surface area contributed by atoms with Crippen LogP contribution in [-0.4, -0.2) is 24.8 Å². The number of benzene rings is 1. The van der Waals surface area contributed by atoms with Crippen molar-refractivity contribution in [2.45, 2.75) is 37.8 Å². The lowest BCUT2D eigenvalue weighted by Gasteiger charge is -2.07. The molecule has 0 amide bonds. The summed E-state index contributed by atoms with van der Waals surface area (Å²) in [4.78, 5) is 0.316. The van der Waals surface area contributed by atoms with Gasteiger partial charge in [-0.2, -0.15) is 4.31 Å². The quantitative estimate of drug-likeness (QED) is 0.618. The van der Waals surface area contributed by atoms with Crippen molar-refractivity contribution in [1.82, 2.24) is 4.31 Å². The van der Waals surface area contributed by atoms with Gasteiger partial charge in [0.05, 0.1) is 10.9 Å². The Labute approximate surface area is 109 Å². The monoisotopic (exact) mass is 263 g/mol. The molecule has 3 atom stereocenters. The maximum atomic E-state index is 12.4. The van der Waals surface area contributed by atoms with Crippen LogP contribution in [0.2, 0.25) is 0 Å². The van der Waals surface area contributed by atoms with Gasteiger partial charge in [0.1, 0.15) is 6.04 Å². The molecule has 1 fully saturated rings. The van der Waals surface area contributed by atoms with Gasteiger partial charge in [0, 0.05) is 0 Å². The van der Waals surface area contributed by atoms with Crippen LogP contribution in [0.1, 0.15) is 19.4 Å². The fourth-order valence-electron chi connectivity index (χ4n) is 2.20. The highest BCUT2D eigenvalue weighted by Crippen LogP contribution is 2.39. The summed E-state index contributed by atoms with van der Waals surface area (Å²) in [7, 11) is -3.45. The van der Waals surface area contributed by atoms with Gasteiger partial charge in [0.25, 0.3) is 0 Å². The first-order valence-corrected chi connectivity index (χ1v) is 7.40. The smallest absolute Gasteiger partial charge is 0.207 e. The number of aryl methyl sites for hydroxylation is 1. The zero-order valence-corrected chi connectivity index (χ0v) is 11.6. The van der Waals surface area contributed by atoms with E-state index in [2.05, 4.69) is 5.92 Å². The molecule has 2 rings (SSSR count). The van der Waals surface area contributed by atoms with Crippen molar-refractivity contribution in [2.75, 3.05) is 0 Å². The first-order valence-electron chi connectivity index (χ1n) is 5.96. The molecular formula is C14H17NO2S. The molecule has 0 aliphatic carbocycles. The third-order valence-corrected chi connectivity index (χ3v) is 5.15. The Hall–Kier alpha value is -1.31. The van der Waals surface area contributed by atoms with Gasteiger partial charge >= 0.3 is 0 Å². The second-order valence-electron chi connectivity index (χ2n) is 4.99. The average Bonchev–Trinajstić information content (AvgIpc) is 3.04. The van der Waals surface area contributed by atoms with Crippen LogP contribution in [0.3, 0.4) is 0 Å². The molecule has 1 saturated heterocycles. The molecule has 3 nitrogen and oxygen atoms in total. The van der Waals surface area contributed by atoms with E-state index in [0.717, 1.165) is 5.56 Å². The van der Waals surface area contributed by atoms with Gasteiger partial charge in [-0.1, -0.05) is 37.5 Å². The van der Waals surface area contributed by atoms with Crippen LogP contribution in [0.5, 0.6) is 0 Å². The van der Waals surface area contributed by atoms with Crippen LogP contribution in [0, 0.1) is 25.2 Å². The van der Waals surface area contributed by atoms with Crippen molar-refractivity contribution in [3.8, 4) is 12.3 Å². The van der Waals surface area contributed by atoms with Gasteiger partial charge in [-0.15, -0.1) is 6.42 Å². The molecule has 0 bridgehead atoms. The van der Waals surface area contributed by atoms with Crippen LogP contribution in [0.15, 0.2) is 29.2 Å². The van der Waals surface area contributed by atoms with E-state index >= 15 is 0 Å². The number of hydrogen-bond acceptors (Lipinski definition) is 2. The van der Waals surface area contributed by atoms with E-state index in [-0.39, 0.29) is 18.0 Å². The zero-order chi connectivity index (χ0) is 13.5. The normalized spacial score (nSPS) is 26.9.